The fourth-order valence-corrected chi connectivity index (χ4v) is 2.01. The summed E-state index contributed by atoms with van der Waals surface area (Å²) in [6.45, 7) is 9.08. The first kappa shape index (κ1) is 12.0. The number of carbonyl (C=O) groups is 1. The molecule has 0 radical (unpaired) electrons. The Morgan fingerprint density at radius 2 is 2.18 bits per heavy atom. The van der Waals surface area contributed by atoms with Gasteiger partial charge in [-0.2, -0.15) is 5.10 Å². The van der Waals surface area contributed by atoms with Crippen LogP contribution in [0.25, 0.3) is 0 Å². The van der Waals surface area contributed by atoms with Crippen molar-refractivity contribution < 1.29 is 9.53 Å². The lowest BCUT2D eigenvalue weighted by Gasteiger charge is -2.47. The Morgan fingerprint density at radius 3 is 2.65 bits per heavy atom. The second-order valence-corrected chi connectivity index (χ2v) is 5.87. The molecule has 1 amide bonds. The van der Waals surface area contributed by atoms with Crippen molar-refractivity contribution in [2.45, 2.75) is 38.7 Å². The van der Waals surface area contributed by atoms with E-state index in [-0.39, 0.29) is 11.5 Å². The molecule has 94 valence electrons. The Kier molecular flexibility index (Phi) is 2.64. The predicted molar refractivity (Wildman–Crippen MR) is 63.7 cm³/mol. The highest BCUT2D eigenvalue weighted by molar-refractivity contribution is 5.70. The minimum atomic E-state index is -0.433. The van der Waals surface area contributed by atoms with Gasteiger partial charge in [0.1, 0.15) is 5.60 Å². The molecule has 0 unspecified atom stereocenters. The summed E-state index contributed by atoms with van der Waals surface area (Å²) in [5.74, 6) is 0. The number of H-pyrrole nitrogens is 1. The maximum atomic E-state index is 11.8. The zero-order valence-electron chi connectivity index (χ0n) is 10.8. The van der Waals surface area contributed by atoms with E-state index in [2.05, 4.69) is 17.1 Å². The SMILES string of the molecule is CC(C)(C)OC(=O)N1CC(C)(c2ccn[nH]2)C1. The first-order valence-electron chi connectivity index (χ1n) is 5.78. The van der Waals surface area contributed by atoms with E-state index in [1.54, 1.807) is 11.1 Å². The molecule has 5 nitrogen and oxygen atoms in total. The molecule has 0 atom stereocenters. The van der Waals surface area contributed by atoms with Crippen LogP contribution in [0.15, 0.2) is 12.3 Å². The van der Waals surface area contributed by atoms with Gasteiger partial charge in [-0.1, -0.05) is 6.92 Å². The molecule has 0 bridgehead atoms. The number of likely N-dealkylation sites (tertiary alicyclic amines) is 1. The first-order chi connectivity index (χ1) is 7.80. The number of ether oxygens (including phenoxy) is 1. The van der Waals surface area contributed by atoms with Gasteiger partial charge in [0.15, 0.2) is 0 Å². The molecule has 1 N–H and O–H groups in total. The summed E-state index contributed by atoms with van der Waals surface area (Å²) >= 11 is 0. The molecule has 0 saturated carbocycles. The van der Waals surface area contributed by atoms with Crippen LogP contribution in [-0.2, 0) is 10.2 Å². The predicted octanol–water partition coefficient (Wildman–Crippen LogP) is 1.92. The zero-order valence-corrected chi connectivity index (χ0v) is 10.8. The van der Waals surface area contributed by atoms with Crippen LogP contribution in [0.2, 0.25) is 0 Å². The Balaban J connectivity index is 1.93. The van der Waals surface area contributed by atoms with E-state index in [1.807, 2.05) is 26.8 Å². The number of rotatable bonds is 1. The van der Waals surface area contributed by atoms with Gasteiger partial charge in [-0.15, -0.1) is 0 Å². The number of hydrogen-bond donors (Lipinski definition) is 1. The summed E-state index contributed by atoms with van der Waals surface area (Å²) in [5.41, 5.74) is 0.613. The Bertz CT molecular complexity index is 400. The molecular weight excluding hydrogens is 218 g/mol. The highest BCUT2D eigenvalue weighted by Gasteiger charge is 2.44. The zero-order chi connectivity index (χ0) is 12.7. The van der Waals surface area contributed by atoms with E-state index >= 15 is 0 Å². The summed E-state index contributed by atoms with van der Waals surface area (Å²) < 4.78 is 5.31. The molecular formula is C12H19N3O2. The third kappa shape index (κ3) is 2.43. The van der Waals surface area contributed by atoms with Crippen LogP contribution in [0, 0.1) is 0 Å². The number of nitrogens with zero attached hydrogens (tertiary/aromatic N) is 2. The van der Waals surface area contributed by atoms with Crippen LogP contribution in [-0.4, -0.2) is 39.9 Å². The number of nitrogens with one attached hydrogen (secondary N) is 1. The smallest absolute Gasteiger partial charge is 0.410 e. The van der Waals surface area contributed by atoms with Gasteiger partial charge < -0.3 is 9.64 Å². The van der Waals surface area contributed by atoms with Crippen molar-refractivity contribution in [2.75, 3.05) is 13.1 Å². The quantitative estimate of drug-likeness (QED) is 0.811. The lowest BCUT2D eigenvalue weighted by atomic mass is 9.79. The summed E-state index contributed by atoms with van der Waals surface area (Å²) in [7, 11) is 0. The molecule has 1 aliphatic heterocycles. The fraction of sp³-hybridized carbons (Fsp3) is 0.667. The van der Waals surface area contributed by atoms with E-state index in [0.717, 1.165) is 5.69 Å². The van der Waals surface area contributed by atoms with Gasteiger partial charge in [0.25, 0.3) is 0 Å². The molecule has 1 saturated heterocycles. The molecule has 2 rings (SSSR count). The molecule has 1 fully saturated rings. The Hall–Kier alpha value is -1.52. The largest absolute Gasteiger partial charge is 0.444 e. The van der Waals surface area contributed by atoms with Crippen LogP contribution >= 0.6 is 0 Å². The fourth-order valence-electron chi connectivity index (χ4n) is 2.01. The van der Waals surface area contributed by atoms with Crippen LogP contribution in [0.4, 0.5) is 4.79 Å². The molecule has 5 heteroatoms. The van der Waals surface area contributed by atoms with Crippen molar-refractivity contribution in [3.63, 3.8) is 0 Å². The monoisotopic (exact) mass is 237 g/mol. The number of carbonyl (C=O) groups excluding carboxylic acids is 1. The van der Waals surface area contributed by atoms with E-state index in [4.69, 9.17) is 4.74 Å². The molecule has 17 heavy (non-hydrogen) atoms. The Morgan fingerprint density at radius 1 is 1.53 bits per heavy atom. The molecule has 0 aliphatic carbocycles. The second kappa shape index (κ2) is 3.75. The van der Waals surface area contributed by atoms with Crippen LogP contribution in [0.3, 0.4) is 0 Å². The van der Waals surface area contributed by atoms with Crippen molar-refractivity contribution in [1.82, 2.24) is 15.1 Å². The van der Waals surface area contributed by atoms with Crippen LogP contribution in [0.1, 0.15) is 33.4 Å². The van der Waals surface area contributed by atoms with Crippen molar-refractivity contribution in [3.05, 3.63) is 18.0 Å². The van der Waals surface area contributed by atoms with E-state index < -0.39 is 5.60 Å². The molecule has 0 aromatic carbocycles. The molecule has 2 heterocycles. The Labute approximate surface area is 101 Å². The normalized spacial score (nSPS) is 18.7. The second-order valence-electron chi connectivity index (χ2n) is 5.87. The third-order valence-corrected chi connectivity index (χ3v) is 2.88. The van der Waals surface area contributed by atoms with Gasteiger partial charge >= 0.3 is 6.09 Å². The maximum absolute atomic E-state index is 11.8. The summed E-state index contributed by atoms with van der Waals surface area (Å²) in [6.07, 6.45) is 1.49. The van der Waals surface area contributed by atoms with Gasteiger partial charge in [0.2, 0.25) is 0 Å². The van der Waals surface area contributed by atoms with Crippen LogP contribution in [0.5, 0.6) is 0 Å². The van der Waals surface area contributed by atoms with Crippen molar-refractivity contribution in [3.8, 4) is 0 Å². The summed E-state index contributed by atoms with van der Waals surface area (Å²) in [6, 6.07) is 1.95. The van der Waals surface area contributed by atoms with Gasteiger partial charge in [-0.3, -0.25) is 5.10 Å². The lowest BCUT2D eigenvalue weighted by Crippen LogP contribution is -2.60. The highest BCUT2D eigenvalue weighted by Crippen LogP contribution is 2.33. The summed E-state index contributed by atoms with van der Waals surface area (Å²) in [4.78, 5) is 13.5. The molecule has 1 aromatic rings. The lowest BCUT2D eigenvalue weighted by molar-refractivity contribution is -0.00722. The molecule has 0 spiro atoms. The minimum absolute atomic E-state index is 0.0204. The van der Waals surface area contributed by atoms with Crippen molar-refractivity contribution in [1.29, 1.82) is 0 Å². The topological polar surface area (TPSA) is 58.2 Å². The van der Waals surface area contributed by atoms with Gasteiger partial charge in [0.05, 0.1) is 0 Å². The average molecular weight is 237 g/mol. The number of amides is 1. The number of hydrogen-bond acceptors (Lipinski definition) is 3. The van der Waals surface area contributed by atoms with Crippen molar-refractivity contribution >= 4 is 6.09 Å². The van der Waals surface area contributed by atoms with Gasteiger partial charge in [0, 0.05) is 30.4 Å². The van der Waals surface area contributed by atoms with E-state index in [9.17, 15) is 4.79 Å². The molecule has 1 aromatic heterocycles. The average Bonchev–Trinajstić information content (AvgIpc) is 2.62. The maximum Gasteiger partial charge on any atom is 0.410 e. The van der Waals surface area contributed by atoms with E-state index in [1.165, 1.54) is 0 Å². The highest BCUT2D eigenvalue weighted by atomic mass is 16.6. The molecule has 1 aliphatic rings. The standard InChI is InChI=1S/C12H19N3O2/c1-11(2,3)17-10(16)15-7-12(4,8-15)9-5-6-13-14-9/h5-6H,7-8H2,1-4H3,(H,13,14). The third-order valence-electron chi connectivity index (χ3n) is 2.88. The number of aromatic amines is 1. The summed E-state index contributed by atoms with van der Waals surface area (Å²) in [5, 5.41) is 6.90. The van der Waals surface area contributed by atoms with Gasteiger partial charge in [-0.25, -0.2) is 4.79 Å². The van der Waals surface area contributed by atoms with Gasteiger partial charge in [-0.05, 0) is 26.8 Å². The van der Waals surface area contributed by atoms with Crippen molar-refractivity contribution in [2.24, 2.45) is 0 Å². The number of aromatic nitrogens is 2. The van der Waals surface area contributed by atoms with Crippen LogP contribution < -0.4 is 0 Å². The minimum Gasteiger partial charge on any atom is -0.444 e. The first-order valence-corrected chi connectivity index (χ1v) is 5.78. The van der Waals surface area contributed by atoms with E-state index in [0.29, 0.717) is 13.1 Å².